The summed E-state index contributed by atoms with van der Waals surface area (Å²) in [7, 11) is 0. The lowest BCUT2D eigenvalue weighted by atomic mass is 9.96. The number of halogens is 3. The number of fused-ring (bicyclic) bond motifs is 2. The van der Waals surface area contributed by atoms with Crippen LogP contribution >= 0.6 is 0 Å². The Kier molecular flexibility index (Phi) is 6.85. The molecule has 4 aromatic rings. The molecule has 12 heteroatoms. The Morgan fingerprint density at radius 3 is 2.59 bits per heavy atom. The van der Waals surface area contributed by atoms with E-state index in [9.17, 15) is 18.0 Å². The van der Waals surface area contributed by atoms with Crippen molar-refractivity contribution in [2.24, 2.45) is 0 Å². The molecule has 2 aliphatic rings. The molecule has 2 atom stereocenters. The van der Waals surface area contributed by atoms with Crippen LogP contribution < -0.4 is 5.32 Å². The summed E-state index contributed by atoms with van der Waals surface area (Å²) >= 11 is 0. The summed E-state index contributed by atoms with van der Waals surface area (Å²) in [5.74, 6) is 0.693. The normalized spacial score (nSPS) is 19.4. The van der Waals surface area contributed by atoms with Gasteiger partial charge in [0.2, 0.25) is 0 Å². The highest BCUT2D eigenvalue weighted by Crippen LogP contribution is 2.40. The van der Waals surface area contributed by atoms with Crippen molar-refractivity contribution in [3.05, 3.63) is 59.8 Å². The maximum Gasteiger partial charge on any atom is 0.408 e. The van der Waals surface area contributed by atoms with Crippen molar-refractivity contribution in [3.63, 3.8) is 0 Å². The van der Waals surface area contributed by atoms with Gasteiger partial charge >= 0.3 is 12.3 Å². The fourth-order valence-corrected chi connectivity index (χ4v) is 5.41. The molecule has 0 unspecified atom stereocenters. The van der Waals surface area contributed by atoms with Crippen LogP contribution in [0.25, 0.3) is 28.1 Å². The Morgan fingerprint density at radius 2 is 1.88 bits per heavy atom. The van der Waals surface area contributed by atoms with Crippen molar-refractivity contribution >= 4 is 22.6 Å². The molecule has 2 saturated heterocycles. The molecule has 0 radical (unpaired) electrons. The zero-order valence-corrected chi connectivity index (χ0v) is 23.0. The Balaban J connectivity index is 1.29. The van der Waals surface area contributed by atoms with Crippen molar-refractivity contribution in [3.8, 4) is 11.5 Å². The molecule has 0 saturated carbocycles. The molecule has 1 aromatic carbocycles. The summed E-state index contributed by atoms with van der Waals surface area (Å²) in [5.41, 5.74) is 2.19. The Labute approximate surface area is 234 Å². The molecule has 1 amide bonds. The van der Waals surface area contributed by atoms with E-state index < -0.39 is 30.0 Å². The molecule has 1 N–H and O–H groups in total. The average Bonchev–Trinajstić information content (AvgIpc) is 3.47. The first kappa shape index (κ1) is 27.4. The van der Waals surface area contributed by atoms with Crippen LogP contribution in [0.3, 0.4) is 0 Å². The number of hydrogen-bond donors (Lipinski definition) is 1. The van der Waals surface area contributed by atoms with Gasteiger partial charge in [-0.3, -0.25) is 9.30 Å². The highest BCUT2D eigenvalue weighted by Gasteiger charge is 2.47. The fourth-order valence-electron chi connectivity index (χ4n) is 5.41. The fraction of sp³-hybridized carbons (Fsp3) is 0.448. The minimum atomic E-state index is -4.55. The number of alkyl halides is 3. The molecule has 5 heterocycles. The molecule has 6 rings (SSSR count). The number of nitrogens with one attached hydrogen (secondary N) is 1. The number of carbonyl (C=O) groups excluding carboxylic acids is 1. The summed E-state index contributed by atoms with van der Waals surface area (Å²) < 4.78 is 55.7. The number of aromatic nitrogens is 4. The maximum absolute atomic E-state index is 14.5. The molecule has 2 fully saturated rings. The third kappa shape index (κ3) is 5.71. The number of alkyl carbamates (subject to hydrolysis) is 1. The first-order valence-electron chi connectivity index (χ1n) is 13.6. The van der Waals surface area contributed by atoms with Crippen LogP contribution in [-0.2, 0) is 9.47 Å². The number of carbonyl (C=O) groups is 1. The van der Waals surface area contributed by atoms with E-state index >= 15 is 0 Å². The molecule has 0 bridgehead atoms. The van der Waals surface area contributed by atoms with Crippen LogP contribution in [0.1, 0.15) is 50.3 Å². The Bertz CT molecular complexity index is 1590. The third-order valence-electron chi connectivity index (χ3n) is 7.41. The highest BCUT2D eigenvalue weighted by molar-refractivity contribution is 5.82. The number of rotatable bonds is 5. The van der Waals surface area contributed by atoms with Crippen molar-refractivity contribution in [1.82, 2.24) is 29.8 Å². The summed E-state index contributed by atoms with van der Waals surface area (Å²) in [6.45, 7) is 6.76. The van der Waals surface area contributed by atoms with E-state index in [1.54, 1.807) is 31.2 Å². The van der Waals surface area contributed by atoms with Gasteiger partial charge in [0.1, 0.15) is 17.3 Å². The molecule has 9 nitrogen and oxygen atoms in total. The Hall–Kier alpha value is -3.77. The second-order valence-corrected chi connectivity index (χ2v) is 11.7. The van der Waals surface area contributed by atoms with Gasteiger partial charge in [-0.1, -0.05) is 24.3 Å². The van der Waals surface area contributed by atoms with Crippen LogP contribution in [0, 0.1) is 0 Å². The van der Waals surface area contributed by atoms with Gasteiger partial charge in [0.05, 0.1) is 18.7 Å². The number of likely N-dealkylation sites (tertiary alicyclic amines) is 1. The SMILES string of the molecule is CC(C)(C)OC(=O)N[C@H]1CCN([C@H](c2ccc3nnc(-c4ccc5ccc(C6COC6)cc5n4)n3c2)C(F)(F)F)C1. The van der Waals surface area contributed by atoms with Crippen LogP contribution in [0.5, 0.6) is 0 Å². The van der Waals surface area contributed by atoms with E-state index in [1.807, 2.05) is 18.2 Å². The van der Waals surface area contributed by atoms with Gasteiger partial charge in [0.15, 0.2) is 11.5 Å². The smallest absolute Gasteiger partial charge is 0.408 e. The zero-order valence-electron chi connectivity index (χ0n) is 23.0. The summed E-state index contributed by atoms with van der Waals surface area (Å²) in [5, 5.41) is 12.1. The van der Waals surface area contributed by atoms with Crippen LogP contribution in [0.4, 0.5) is 18.0 Å². The number of benzene rings is 1. The Morgan fingerprint density at radius 1 is 1.10 bits per heavy atom. The predicted octanol–water partition coefficient (Wildman–Crippen LogP) is 5.26. The topological polar surface area (TPSA) is 93.9 Å². The molecule has 3 aromatic heterocycles. The van der Waals surface area contributed by atoms with Crippen molar-refractivity contribution in [1.29, 1.82) is 0 Å². The minimum absolute atomic E-state index is 0.0388. The first-order chi connectivity index (χ1) is 19.4. The summed E-state index contributed by atoms with van der Waals surface area (Å²) in [6, 6.07) is 10.5. The molecule has 0 spiro atoms. The lowest BCUT2D eigenvalue weighted by Crippen LogP contribution is -2.42. The second kappa shape index (κ2) is 10.3. The highest BCUT2D eigenvalue weighted by atomic mass is 19.4. The number of nitrogens with zero attached hydrogens (tertiary/aromatic N) is 5. The molecular weight excluding hydrogens is 537 g/mol. The van der Waals surface area contributed by atoms with E-state index in [1.165, 1.54) is 23.2 Å². The standard InChI is InChI=1S/C29H31F3N6O3/c1-28(2,3)41-27(39)33-21-10-11-37(14-21)25(29(30,31)32)19-7-9-24-35-36-26(38(24)13-19)22-8-6-17-4-5-18(12-23(17)34-22)20-15-40-16-20/h4-9,12-13,20-21,25H,10-11,14-16H2,1-3H3,(H,33,39)/t21-,25+/m0/s1. The van der Waals surface area contributed by atoms with Crippen LogP contribution in [0.15, 0.2) is 48.7 Å². The quantitative estimate of drug-likeness (QED) is 0.351. The number of ether oxygens (including phenoxy) is 2. The monoisotopic (exact) mass is 568 g/mol. The first-order valence-corrected chi connectivity index (χ1v) is 13.6. The third-order valence-corrected chi connectivity index (χ3v) is 7.41. The number of pyridine rings is 2. The predicted molar refractivity (Wildman–Crippen MR) is 145 cm³/mol. The van der Waals surface area contributed by atoms with Gasteiger partial charge in [-0.2, -0.15) is 13.2 Å². The maximum atomic E-state index is 14.5. The van der Waals surface area contributed by atoms with Gasteiger partial charge in [-0.15, -0.1) is 10.2 Å². The zero-order chi connectivity index (χ0) is 28.9. The van der Waals surface area contributed by atoms with E-state index in [2.05, 4.69) is 21.6 Å². The van der Waals surface area contributed by atoms with Crippen molar-refractivity contribution < 1.29 is 27.4 Å². The van der Waals surface area contributed by atoms with E-state index in [4.69, 9.17) is 14.5 Å². The largest absolute Gasteiger partial charge is 0.444 e. The van der Waals surface area contributed by atoms with Gasteiger partial charge in [0.25, 0.3) is 0 Å². The minimum Gasteiger partial charge on any atom is -0.444 e. The lowest BCUT2D eigenvalue weighted by molar-refractivity contribution is -0.184. The molecule has 216 valence electrons. The van der Waals surface area contributed by atoms with E-state index in [-0.39, 0.29) is 18.7 Å². The number of amides is 1. The molecule has 0 aliphatic carbocycles. The molecule has 2 aliphatic heterocycles. The van der Waals surface area contributed by atoms with Gasteiger partial charge in [-0.25, -0.2) is 9.78 Å². The van der Waals surface area contributed by atoms with Crippen LogP contribution in [-0.4, -0.2) is 74.7 Å². The second-order valence-electron chi connectivity index (χ2n) is 11.7. The summed E-state index contributed by atoms with van der Waals surface area (Å²) in [6.07, 6.45) is -3.38. The molecular formula is C29H31F3N6O3. The van der Waals surface area contributed by atoms with Gasteiger partial charge in [0, 0.05) is 36.6 Å². The average molecular weight is 569 g/mol. The summed E-state index contributed by atoms with van der Waals surface area (Å²) in [4.78, 5) is 18.3. The number of hydrogen-bond acceptors (Lipinski definition) is 7. The van der Waals surface area contributed by atoms with Crippen molar-refractivity contribution in [2.45, 2.75) is 57.0 Å². The van der Waals surface area contributed by atoms with Crippen molar-refractivity contribution in [2.75, 3.05) is 26.3 Å². The molecule has 41 heavy (non-hydrogen) atoms. The van der Waals surface area contributed by atoms with E-state index in [0.29, 0.717) is 42.7 Å². The van der Waals surface area contributed by atoms with Gasteiger partial charge in [-0.05, 0) is 56.5 Å². The van der Waals surface area contributed by atoms with E-state index in [0.717, 1.165) is 16.5 Å². The van der Waals surface area contributed by atoms with Crippen LogP contribution in [0.2, 0.25) is 0 Å². The lowest BCUT2D eigenvalue weighted by Gasteiger charge is -2.30. The van der Waals surface area contributed by atoms with Gasteiger partial charge < -0.3 is 14.8 Å².